The van der Waals surface area contributed by atoms with Crippen molar-refractivity contribution in [2.75, 3.05) is 14.2 Å². The Morgan fingerprint density at radius 2 is 2.50 bits per heavy atom. The van der Waals surface area contributed by atoms with Gasteiger partial charge < -0.3 is 4.74 Å². The summed E-state index contributed by atoms with van der Waals surface area (Å²) >= 11 is 0. The lowest BCUT2D eigenvalue weighted by atomic mass is 9.95. The monoisotopic (exact) mass is 192 g/mol. The fourth-order valence-corrected chi connectivity index (χ4v) is 1.68. The molecule has 0 fully saturated rings. The minimum Gasteiger partial charge on any atom is -0.465 e. The number of methoxy groups -OCH3 is 1. The summed E-state index contributed by atoms with van der Waals surface area (Å²) in [4.78, 5) is 11.3. The molecule has 0 saturated carbocycles. The molecule has 1 aliphatic carbocycles. The molecule has 0 amide bonds. The van der Waals surface area contributed by atoms with Gasteiger partial charge in [0.1, 0.15) is 0 Å². The quantitative estimate of drug-likeness (QED) is 0.580. The van der Waals surface area contributed by atoms with Crippen LogP contribution in [0.2, 0.25) is 0 Å². The van der Waals surface area contributed by atoms with Crippen LogP contribution in [-0.2, 0) is 9.53 Å². The van der Waals surface area contributed by atoms with Gasteiger partial charge in [0.25, 0.3) is 0 Å². The third-order valence-corrected chi connectivity index (χ3v) is 2.49. The Bertz CT molecular complexity index is 355. The Morgan fingerprint density at radius 1 is 1.71 bits per heavy atom. The third-order valence-electron chi connectivity index (χ3n) is 2.49. The van der Waals surface area contributed by atoms with Crippen LogP contribution >= 0.6 is 0 Å². The molecule has 0 N–H and O–H groups in total. The van der Waals surface area contributed by atoms with Gasteiger partial charge in [-0.15, -0.1) is 0 Å². The van der Waals surface area contributed by atoms with Crippen molar-refractivity contribution >= 4 is 12.2 Å². The average molecular weight is 192 g/mol. The van der Waals surface area contributed by atoms with Crippen molar-refractivity contribution in [1.29, 1.82) is 0 Å². The standard InChI is InChI=1S/C10H12N2O2/c1-12-9-5-7(10(13)14-2)3-4-8(9)6-11-12/h3,5-6,8H,4H2,1-2H3. The van der Waals surface area contributed by atoms with Gasteiger partial charge in [-0.25, -0.2) is 4.79 Å². The molecule has 2 aliphatic rings. The van der Waals surface area contributed by atoms with Gasteiger partial charge in [0.2, 0.25) is 0 Å². The molecule has 0 aromatic rings. The van der Waals surface area contributed by atoms with E-state index in [0.717, 1.165) is 12.1 Å². The molecule has 2 rings (SSSR count). The number of rotatable bonds is 1. The molecule has 1 aliphatic heterocycles. The lowest BCUT2D eigenvalue weighted by Gasteiger charge is -2.18. The third kappa shape index (κ3) is 1.32. The van der Waals surface area contributed by atoms with E-state index in [1.807, 2.05) is 25.4 Å². The fourth-order valence-electron chi connectivity index (χ4n) is 1.68. The number of hydrogen-bond donors (Lipinski definition) is 0. The summed E-state index contributed by atoms with van der Waals surface area (Å²) < 4.78 is 4.66. The molecule has 1 atom stereocenters. The summed E-state index contributed by atoms with van der Waals surface area (Å²) in [6.45, 7) is 0. The van der Waals surface area contributed by atoms with Crippen molar-refractivity contribution in [1.82, 2.24) is 5.01 Å². The number of ether oxygens (including phenoxy) is 1. The summed E-state index contributed by atoms with van der Waals surface area (Å²) in [5, 5.41) is 5.95. The highest BCUT2D eigenvalue weighted by Crippen LogP contribution is 2.29. The van der Waals surface area contributed by atoms with Crippen LogP contribution in [0.4, 0.5) is 0 Å². The zero-order chi connectivity index (χ0) is 10.1. The van der Waals surface area contributed by atoms with E-state index < -0.39 is 0 Å². The second-order valence-electron chi connectivity index (χ2n) is 3.35. The highest BCUT2D eigenvalue weighted by atomic mass is 16.5. The van der Waals surface area contributed by atoms with Crippen molar-refractivity contribution in [3.8, 4) is 0 Å². The molecule has 4 nitrogen and oxygen atoms in total. The number of nitrogens with zero attached hydrogens (tertiary/aromatic N) is 2. The van der Waals surface area contributed by atoms with E-state index in [4.69, 9.17) is 0 Å². The first-order chi connectivity index (χ1) is 6.72. The van der Waals surface area contributed by atoms with E-state index in [1.54, 1.807) is 5.01 Å². The Labute approximate surface area is 82.5 Å². The van der Waals surface area contributed by atoms with Gasteiger partial charge in [0.15, 0.2) is 0 Å². The largest absolute Gasteiger partial charge is 0.465 e. The molecule has 0 spiro atoms. The normalized spacial score (nSPS) is 24.1. The molecular formula is C10H12N2O2. The van der Waals surface area contributed by atoms with Gasteiger partial charge in [-0.1, -0.05) is 6.08 Å². The lowest BCUT2D eigenvalue weighted by molar-refractivity contribution is -0.135. The summed E-state index contributed by atoms with van der Waals surface area (Å²) in [6.07, 6.45) is 6.46. The maximum atomic E-state index is 11.3. The second kappa shape index (κ2) is 3.29. The van der Waals surface area contributed by atoms with Crippen molar-refractivity contribution in [2.24, 2.45) is 11.0 Å². The van der Waals surface area contributed by atoms with Crippen LogP contribution in [0, 0.1) is 5.92 Å². The van der Waals surface area contributed by atoms with Gasteiger partial charge in [-0.2, -0.15) is 5.10 Å². The predicted molar refractivity (Wildman–Crippen MR) is 52.5 cm³/mol. The van der Waals surface area contributed by atoms with Gasteiger partial charge in [0.05, 0.1) is 12.7 Å². The maximum Gasteiger partial charge on any atom is 0.337 e. The first kappa shape index (κ1) is 8.99. The highest BCUT2D eigenvalue weighted by molar-refractivity contribution is 5.92. The molecule has 0 aromatic carbocycles. The molecular weight excluding hydrogens is 180 g/mol. The van der Waals surface area contributed by atoms with Crippen LogP contribution < -0.4 is 0 Å². The molecule has 14 heavy (non-hydrogen) atoms. The average Bonchev–Trinajstić information content (AvgIpc) is 2.59. The smallest absolute Gasteiger partial charge is 0.337 e. The summed E-state index contributed by atoms with van der Waals surface area (Å²) in [7, 11) is 3.27. The molecule has 0 aromatic heterocycles. The van der Waals surface area contributed by atoms with E-state index in [2.05, 4.69) is 9.84 Å². The molecule has 1 unspecified atom stereocenters. The number of carbonyl (C=O) groups excluding carboxylic acids is 1. The first-order valence-electron chi connectivity index (χ1n) is 4.50. The van der Waals surface area contributed by atoms with Crippen LogP contribution in [0.5, 0.6) is 0 Å². The molecule has 4 heteroatoms. The van der Waals surface area contributed by atoms with E-state index in [9.17, 15) is 4.79 Å². The van der Waals surface area contributed by atoms with Gasteiger partial charge >= 0.3 is 5.97 Å². The van der Waals surface area contributed by atoms with Crippen LogP contribution in [-0.4, -0.2) is 31.4 Å². The summed E-state index contributed by atoms with van der Waals surface area (Å²) in [6, 6.07) is 0. The van der Waals surface area contributed by atoms with Crippen LogP contribution in [0.25, 0.3) is 0 Å². The van der Waals surface area contributed by atoms with Gasteiger partial charge in [-0.05, 0) is 12.5 Å². The number of hydrogen-bond acceptors (Lipinski definition) is 4. The highest BCUT2D eigenvalue weighted by Gasteiger charge is 2.25. The minimum atomic E-state index is -0.281. The lowest BCUT2D eigenvalue weighted by Crippen LogP contribution is -2.16. The van der Waals surface area contributed by atoms with Crippen molar-refractivity contribution < 1.29 is 9.53 Å². The topological polar surface area (TPSA) is 41.9 Å². The van der Waals surface area contributed by atoms with E-state index in [1.165, 1.54) is 7.11 Å². The minimum absolute atomic E-state index is 0.281. The number of hydrazone groups is 1. The van der Waals surface area contributed by atoms with E-state index in [-0.39, 0.29) is 5.97 Å². The number of fused-ring (bicyclic) bond motifs is 1. The molecule has 0 bridgehead atoms. The van der Waals surface area contributed by atoms with Crippen molar-refractivity contribution in [2.45, 2.75) is 6.42 Å². The zero-order valence-corrected chi connectivity index (χ0v) is 8.23. The Morgan fingerprint density at radius 3 is 3.21 bits per heavy atom. The molecule has 1 heterocycles. The SMILES string of the molecule is COC(=O)C1=CCC2C=NN(C)C2=C1. The molecule has 0 saturated heterocycles. The second-order valence-corrected chi connectivity index (χ2v) is 3.35. The van der Waals surface area contributed by atoms with Crippen LogP contribution in [0.3, 0.4) is 0 Å². The Kier molecular flexibility index (Phi) is 2.11. The summed E-state index contributed by atoms with van der Waals surface area (Å²) in [5.41, 5.74) is 1.68. The molecule has 74 valence electrons. The van der Waals surface area contributed by atoms with Crippen molar-refractivity contribution in [3.05, 3.63) is 23.4 Å². The number of carbonyl (C=O) groups is 1. The van der Waals surface area contributed by atoms with Crippen LogP contribution in [0.15, 0.2) is 28.5 Å². The van der Waals surface area contributed by atoms with E-state index in [0.29, 0.717) is 11.5 Å². The maximum absolute atomic E-state index is 11.3. The van der Waals surface area contributed by atoms with Crippen LogP contribution in [0.1, 0.15) is 6.42 Å². The number of esters is 1. The van der Waals surface area contributed by atoms with Gasteiger partial charge in [0, 0.05) is 24.9 Å². The fraction of sp³-hybridized carbons (Fsp3) is 0.400. The van der Waals surface area contributed by atoms with E-state index >= 15 is 0 Å². The Balaban J connectivity index is 2.24. The van der Waals surface area contributed by atoms with Crippen molar-refractivity contribution in [3.63, 3.8) is 0 Å². The predicted octanol–water partition coefficient (Wildman–Crippen LogP) is 0.921. The Hall–Kier alpha value is -1.58. The first-order valence-corrected chi connectivity index (χ1v) is 4.50. The number of allylic oxidation sites excluding steroid dienone is 2. The zero-order valence-electron chi connectivity index (χ0n) is 8.23. The summed E-state index contributed by atoms with van der Waals surface area (Å²) in [5.74, 6) is 0.0460. The van der Waals surface area contributed by atoms with Gasteiger partial charge in [-0.3, -0.25) is 5.01 Å². The molecule has 0 radical (unpaired) electrons.